The number of nitrogens with zero attached hydrogens (tertiary/aromatic N) is 1. The summed E-state index contributed by atoms with van der Waals surface area (Å²) in [5.74, 6) is 0.0978. The average molecular weight is 308 g/mol. The minimum absolute atomic E-state index is 0.0771. The first-order chi connectivity index (χ1) is 11.1. The first-order valence-electron chi connectivity index (χ1n) is 7.26. The van der Waals surface area contributed by atoms with Gasteiger partial charge in [-0.25, -0.2) is 0 Å². The Balaban J connectivity index is 1.75. The quantitative estimate of drug-likeness (QED) is 0.773. The molecule has 0 bridgehead atoms. The number of nitrogens with one attached hydrogen (secondary N) is 1. The van der Waals surface area contributed by atoms with Gasteiger partial charge in [-0.05, 0) is 24.6 Å². The van der Waals surface area contributed by atoms with Crippen molar-refractivity contribution in [1.29, 1.82) is 0 Å². The Bertz CT molecular complexity index is 812. The van der Waals surface area contributed by atoms with Crippen LogP contribution in [-0.2, 0) is 0 Å². The first kappa shape index (κ1) is 14.8. The van der Waals surface area contributed by atoms with Crippen LogP contribution in [0.5, 0.6) is 5.75 Å². The molecule has 116 valence electrons. The van der Waals surface area contributed by atoms with Gasteiger partial charge in [0.25, 0.3) is 5.91 Å². The molecule has 2 aromatic carbocycles. The van der Waals surface area contributed by atoms with Crippen LogP contribution in [0.1, 0.15) is 29.0 Å². The minimum atomic E-state index is -0.327. The number of phenolic OH excluding ortho intramolecular Hbond substituents is 1. The number of rotatable bonds is 4. The van der Waals surface area contributed by atoms with Crippen LogP contribution in [0.25, 0.3) is 11.3 Å². The summed E-state index contributed by atoms with van der Waals surface area (Å²) >= 11 is 0. The van der Waals surface area contributed by atoms with Crippen molar-refractivity contribution in [1.82, 2.24) is 10.5 Å². The third-order valence-electron chi connectivity index (χ3n) is 3.56. The summed E-state index contributed by atoms with van der Waals surface area (Å²) in [6.45, 7) is 1.90. The van der Waals surface area contributed by atoms with Gasteiger partial charge in [0.2, 0.25) is 0 Å². The molecule has 1 atom stereocenters. The number of aromatic nitrogens is 1. The molecule has 1 amide bonds. The van der Waals surface area contributed by atoms with E-state index in [1.54, 1.807) is 24.3 Å². The fourth-order valence-corrected chi connectivity index (χ4v) is 2.29. The summed E-state index contributed by atoms with van der Waals surface area (Å²) in [6, 6.07) is 17.8. The van der Waals surface area contributed by atoms with E-state index >= 15 is 0 Å². The Morgan fingerprint density at radius 2 is 1.83 bits per heavy atom. The summed E-state index contributed by atoms with van der Waals surface area (Å²) in [6.07, 6.45) is 0. The minimum Gasteiger partial charge on any atom is -0.507 e. The number of hydrogen-bond donors (Lipinski definition) is 2. The van der Waals surface area contributed by atoms with E-state index < -0.39 is 0 Å². The second kappa shape index (κ2) is 6.36. The molecule has 0 saturated carbocycles. The van der Waals surface area contributed by atoms with Gasteiger partial charge in [0.15, 0.2) is 11.5 Å². The van der Waals surface area contributed by atoms with E-state index in [9.17, 15) is 9.90 Å². The highest BCUT2D eigenvalue weighted by Gasteiger charge is 2.17. The Hall–Kier alpha value is -3.08. The van der Waals surface area contributed by atoms with Gasteiger partial charge in [-0.3, -0.25) is 4.79 Å². The Labute approximate surface area is 133 Å². The second-order valence-corrected chi connectivity index (χ2v) is 5.20. The fraction of sp³-hybridized carbons (Fsp3) is 0.111. The van der Waals surface area contributed by atoms with Gasteiger partial charge in [-0.2, -0.15) is 0 Å². The van der Waals surface area contributed by atoms with E-state index in [1.165, 1.54) is 6.07 Å². The van der Waals surface area contributed by atoms with E-state index in [0.29, 0.717) is 11.3 Å². The molecular weight excluding hydrogens is 292 g/mol. The topological polar surface area (TPSA) is 75.4 Å². The Morgan fingerprint density at radius 1 is 1.13 bits per heavy atom. The Morgan fingerprint density at radius 3 is 2.57 bits per heavy atom. The average Bonchev–Trinajstić information content (AvgIpc) is 3.06. The lowest BCUT2D eigenvalue weighted by Gasteiger charge is -2.12. The van der Waals surface area contributed by atoms with Crippen molar-refractivity contribution >= 4 is 5.91 Å². The standard InChI is InChI=1S/C18H16N2O3/c1-12(13-7-3-2-4-8-13)19-18(22)15-11-17(23-20-15)14-9-5-6-10-16(14)21/h2-12,21H,1H3,(H,19,22)/t12-/m1/s1. The third-order valence-corrected chi connectivity index (χ3v) is 3.56. The lowest BCUT2D eigenvalue weighted by atomic mass is 10.1. The number of hydrogen-bond acceptors (Lipinski definition) is 4. The van der Waals surface area contributed by atoms with Crippen molar-refractivity contribution in [3.63, 3.8) is 0 Å². The van der Waals surface area contributed by atoms with Crippen LogP contribution < -0.4 is 5.32 Å². The zero-order valence-electron chi connectivity index (χ0n) is 12.6. The molecule has 23 heavy (non-hydrogen) atoms. The van der Waals surface area contributed by atoms with Gasteiger partial charge >= 0.3 is 0 Å². The highest BCUT2D eigenvalue weighted by molar-refractivity contribution is 5.93. The number of carbonyl (C=O) groups excluding carboxylic acids is 1. The molecule has 1 heterocycles. The van der Waals surface area contributed by atoms with Gasteiger partial charge in [0, 0.05) is 6.07 Å². The molecule has 5 nitrogen and oxygen atoms in total. The van der Waals surface area contributed by atoms with Crippen LogP contribution in [-0.4, -0.2) is 16.2 Å². The van der Waals surface area contributed by atoms with Gasteiger partial charge < -0.3 is 14.9 Å². The van der Waals surface area contributed by atoms with Crippen molar-refractivity contribution in [2.75, 3.05) is 0 Å². The predicted molar refractivity (Wildman–Crippen MR) is 85.9 cm³/mol. The zero-order chi connectivity index (χ0) is 16.2. The summed E-state index contributed by atoms with van der Waals surface area (Å²) in [4.78, 5) is 12.3. The molecule has 2 N–H and O–H groups in total. The van der Waals surface area contributed by atoms with Crippen molar-refractivity contribution in [2.45, 2.75) is 13.0 Å². The number of carbonyl (C=O) groups is 1. The van der Waals surface area contributed by atoms with Crippen molar-refractivity contribution in [3.8, 4) is 17.1 Å². The van der Waals surface area contributed by atoms with Crippen LogP contribution in [0, 0.1) is 0 Å². The summed E-state index contributed by atoms with van der Waals surface area (Å²) < 4.78 is 5.17. The largest absolute Gasteiger partial charge is 0.507 e. The lowest BCUT2D eigenvalue weighted by Crippen LogP contribution is -2.26. The zero-order valence-corrected chi connectivity index (χ0v) is 12.6. The molecule has 3 rings (SSSR count). The highest BCUT2D eigenvalue weighted by Crippen LogP contribution is 2.29. The van der Waals surface area contributed by atoms with E-state index in [-0.39, 0.29) is 23.4 Å². The van der Waals surface area contributed by atoms with E-state index in [2.05, 4.69) is 10.5 Å². The first-order valence-corrected chi connectivity index (χ1v) is 7.26. The third kappa shape index (κ3) is 3.23. The van der Waals surface area contributed by atoms with Crippen molar-refractivity contribution < 1.29 is 14.4 Å². The molecular formula is C18H16N2O3. The molecule has 0 unspecified atom stereocenters. The molecule has 0 aliphatic rings. The highest BCUT2D eigenvalue weighted by atomic mass is 16.5. The van der Waals surface area contributed by atoms with E-state index in [0.717, 1.165) is 5.56 Å². The fourth-order valence-electron chi connectivity index (χ4n) is 2.29. The molecule has 0 aliphatic heterocycles. The maximum absolute atomic E-state index is 12.3. The van der Waals surface area contributed by atoms with Gasteiger partial charge in [-0.1, -0.05) is 47.6 Å². The molecule has 0 saturated heterocycles. The lowest BCUT2D eigenvalue weighted by molar-refractivity contribution is 0.0931. The van der Waals surface area contributed by atoms with Crippen LogP contribution in [0.3, 0.4) is 0 Å². The molecule has 0 radical (unpaired) electrons. The smallest absolute Gasteiger partial charge is 0.273 e. The molecule has 0 fully saturated rings. The predicted octanol–water partition coefficient (Wildman–Crippen LogP) is 3.54. The van der Waals surface area contributed by atoms with Crippen LogP contribution in [0.4, 0.5) is 0 Å². The normalized spacial score (nSPS) is 11.9. The number of phenols is 1. The van der Waals surface area contributed by atoms with Gasteiger partial charge in [-0.15, -0.1) is 0 Å². The number of para-hydroxylation sites is 1. The molecule has 0 aliphatic carbocycles. The number of benzene rings is 2. The van der Waals surface area contributed by atoms with E-state index in [4.69, 9.17) is 4.52 Å². The van der Waals surface area contributed by atoms with Crippen molar-refractivity contribution in [3.05, 3.63) is 71.9 Å². The number of aromatic hydroxyl groups is 1. The summed E-state index contributed by atoms with van der Waals surface area (Å²) in [5.41, 5.74) is 1.67. The monoisotopic (exact) mass is 308 g/mol. The molecule has 5 heteroatoms. The summed E-state index contributed by atoms with van der Waals surface area (Å²) in [5, 5.41) is 16.5. The van der Waals surface area contributed by atoms with Gasteiger partial charge in [0.1, 0.15) is 5.75 Å². The SMILES string of the molecule is C[C@@H](NC(=O)c1cc(-c2ccccc2O)on1)c1ccccc1. The van der Waals surface area contributed by atoms with Crippen LogP contribution >= 0.6 is 0 Å². The number of amides is 1. The van der Waals surface area contributed by atoms with Gasteiger partial charge in [0.05, 0.1) is 11.6 Å². The van der Waals surface area contributed by atoms with Crippen LogP contribution in [0.15, 0.2) is 65.2 Å². The Kier molecular flexibility index (Phi) is 4.10. The molecule has 0 spiro atoms. The van der Waals surface area contributed by atoms with Crippen LogP contribution in [0.2, 0.25) is 0 Å². The molecule has 1 aromatic heterocycles. The second-order valence-electron chi connectivity index (χ2n) is 5.20. The van der Waals surface area contributed by atoms with Crippen molar-refractivity contribution in [2.24, 2.45) is 0 Å². The molecule has 3 aromatic rings. The maximum Gasteiger partial charge on any atom is 0.273 e. The maximum atomic E-state index is 12.3. The van der Waals surface area contributed by atoms with E-state index in [1.807, 2.05) is 37.3 Å². The summed E-state index contributed by atoms with van der Waals surface area (Å²) in [7, 11) is 0.